The molecule has 1 N–H and O–H groups in total. The lowest BCUT2D eigenvalue weighted by atomic mass is 9.94. The van der Waals surface area contributed by atoms with Gasteiger partial charge in [0.05, 0.1) is 13.2 Å². The van der Waals surface area contributed by atoms with E-state index in [4.69, 9.17) is 9.47 Å². The van der Waals surface area contributed by atoms with Gasteiger partial charge in [-0.3, -0.25) is 0 Å². The third-order valence-corrected chi connectivity index (χ3v) is 4.76. The number of rotatable bonds is 11. The lowest BCUT2D eigenvalue weighted by molar-refractivity contribution is -0.140. The summed E-state index contributed by atoms with van der Waals surface area (Å²) in [7, 11) is 0. The first kappa shape index (κ1) is 22.7. The Hall–Kier alpha value is -2.59. The molecule has 0 aliphatic rings. The van der Waals surface area contributed by atoms with Crippen LogP contribution in [-0.4, -0.2) is 17.7 Å². The van der Waals surface area contributed by atoms with Crippen LogP contribution < -0.4 is 4.74 Å². The van der Waals surface area contributed by atoms with Crippen molar-refractivity contribution in [2.24, 2.45) is 0 Å². The predicted octanol–water partition coefficient (Wildman–Crippen LogP) is 5.60. The topological polar surface area (TPSA) is 55.8 Å². The Morgan fingerprint density at radius 1 is 1.03 bits per heavy atom. The summed E-state index contributed by atoms with van der Waals surface area (Å²) in [5, 5.41) is 9.66. The molecular weight excluding hydrogens is 364 g/mol. The van der Waals surface area contributed by atoms with Crippen molar-refractivity contribution >= 4 is 5.97 Å². The monoisotopic (exact) mass is 396 g/mol. The van der Waals surface area contributed by atoms with E-state index < -0.39 is 5.97 Å². The van der Waals surface area contributed by atoms with Crippen LogP contribution in [0.2, 0.25) is 0 Å². The third kappa shape index (κ3) is 6.47. The van der Waals surface area contributed by atoms with Crippen molar-refractivity contribution in [1.82, 2.24) is 0 Å². The number of unbranched alkanes of at least 4 members (excludes halogenated alkanes) is 1. The number of carbonyl (C=O) groups excluding carboxylic acids is 1. The van der Waals surface area contributed by atoms with Gasteiger partial charge in [0.2, 0.25) is 0 Å². The fourth-order valence-corrected chi connectivity index (χ4v) is 3.10. The summed E-state index contributed by atoms with van der Waals surface area (Å²) < 4.78 is 11.2. The van der Waals surface area contributed by atoms with Crippen molar-refractivity contribution in [2.45, 2.75) is 59.7 Å². The first-order valence-electron chi connectivity index (χ1n) is 10.3. The molecule has 0 atom stereocenters. The van der Waals surface area contributed by atoms with Crippen LogP contribution in [0.4, 0.5) is 0 Å². The average molecular weight is 397 g/mol. The van der Waals surface area contributed by atoms with E-state index >= 15 is 0 Å². The van der Waals surface area contributed by atoms with Gasteiger partial charge >= 0.3 is 5.97 Å². The van der Waals surface area contributed by atoms with E-state index in [1.54, 1.807) is 6.92 Å². The second-order valence-corrected chi connectivity index (χ2v) is 7.27. The molecular formula is C25H32O4. The molecule has 0 fully saturated rings. The Bertz CT molecular complexity index is 839. The zero-order valence-electron chi connectivity index (χ0n) is 17.8. The molecule has 0 aromatic heterocycles. The lowest BCUT2D eigenvalue weighted by Crippen LogP contribution is -2.07. The second-order valence-electron chi connectivity index (χ2n) is 7.27. The fraction of sp³-hybridized carbons (Fsp3) is 0.400. The normalized spacial score (nSPS) is 10.6. The maximum absolute atomic E-state index is 11.8. The van der Waals surface area contributed by atoms with Gasteiger partial charge in [-0.2, -0.15) is 0 Å². The molecule has 0 radical (unpaired) electrons. The highest BCUT2D eigenvalue weighted by Gasteiger charge is 2.12. The Kier molecular flexibility index (Phi) is 8.94. The van der Waals surface area contributed by atoms with Gasteiger partial charge in [0.1, 0.15) is 12.4 Å². The summed E-state index contributed by atoms with van der Waals surface area (Å²) in [6.07, 6.45) is 4.13. The standard InChI is InChI=1S/C25H32O4/c1-5-7-13-28-23-11-12-24(19(15-23)8-6-2)20-9-10-21(16-26)22(14-20)17-29-25(27)18(3)4/h9-12,14-15,26H,3,5-8,13,16-17H2,1-2,4H3. The Balaban J connectivity index is 2.33. The van der Waals surface area contributed by atoms with Crippen molar-refractivity contribution in [3.8, 4) is 16.9 Å². The molecule has 4 nitrogen and oxygen atoms in total. The van der Waals surface area contributed by atoms with Crippen molar-refractivity contribution in [3.05, 3.63) is 65.2 Å². The van der Waals surface area contributed by atoms with Crippen molar-refractivity contribution < 1.29 is 19.4 Å². The third-order valence-electron chi connectivity index (χ3n) is 4.76. The molecule has 156 valence electrons. The maximum atomic E-state index is 11.8. The smallest absolute Gasteiger partial charge is 0.333 e. The van der Waals surface area contributed by atoms with Crippen LogP contribution in [0.5, 0.6) is 5.75 Å². The largest absolute Gasteiger partial charge is 0.494 e. The van der Waals surface area contributed by atoms with Crippen LogP contribution in [0.3, 0.4) is 0 Å². The maximum Gasteiger partial charge on any atom is 0.333 e. The molecule has 0 aliphatic heterocycles. The van der Waals surface area contributed by atoms with Gasteiger partial charge in [0.25, 0.3) is 0 Å². The van der Waals surface area contributed by atoms with Crippen LogP contribution in [0.25, 0.3) is 11.1 Å². The van der Waals surface area contributed by atoms with E-state index in [0.717, 1.165) is 60.3 Å². The van der Waals surface area contributed by atoms with Gasteiger partial charge in [-0.15, -0.1) is 0 Å². The molecule has 2 aromatic carbocycles. The molecule has 0 amide bonds. The van der Waals surface area contributed by atoms with E-state index in [1.807, 2.05) is 24.3 Å². The van der Waals surface area contributed by atoms with Gasteiger partial charge in [-0.25, -0.2) is 4.79 Å². The van der Waals surface area contributed by atoms with Gasteiger partial charge in [0, 0.05) is 5.57 Å². The zero-order valence-corrected chi connectivity index (χ0v) is 17.8. The molecule has 2 aromatic rings. The summed E-state index contributed by atoms with van der Waals surface area (Å²) >= 11 is 0. The number of ether oxygens (including phenoxy) is 2. The van der Waals surface area contributed by atoms with Crippen LogP contribution in [0.1, 0.15) is 56.7 Å². The van der Waals surface area contributed by atoms with E-state index in [2.05, 4.69) is 32.6 Å². The van der Waals surface area contributed by atoms with Gasteiger partial charge in [0.15, 0.2) is 0 Å². The Morgan fingerprint density at radius 2 is 1.83 bits per heavy atom. The Labute approximate surface area is 174 Å². The average Bonchev–Trinajstić information content (AvgIpc) is 2.72. The number of hydrogen-bond donors (Lipinski definition) is 1. The van der Waals surface area contributed by atoms with Crippen LogP contribution in [0.15, 0.2) is 48.6 Å². The fourth-order valence-electron chi connectivity index (χ4n) is 3.10. The van der Waals surface area contributed by atoms with Crippen molar-refractivity contribution in [2.75, 3.05) is 6.61 Å². The van der Waals surface area contributed by atoms with Gasteiger partial charge in [-0.1, -0.05) is 51.5 Å². The summed E-state index contributed by atoms with van der Waals surface area (Å²) in [6.45, 7) is 10.3. The highest BCUT2D eigenvalue weighted by molar-refractivity contribution is 5.86. The summed E-state index contributed by atoms with van der Waals surface area (Å²) in [4.78, 5) is 11.8. The first-order valence-corrected chi connectivity index (χ1v) is 10.3. The minimum atomic E-state index is -0.431. The quantitative estimate of drug-likeness (QED) is 0.305. The lowest BCUT2D eigenvalue weighted by Gasteiger charge is -2.15. The number of aliphatic hydroxyl groups is 1. The number of carbonyl (C=O) groups is 1. The van der Waals surface area contributed by atoms with Crippen molar-refractivity contribution in [1.29, 1.82) is 0 Å². The summed E-state index contributed by atoms with van der Waals surface area (Å²) in [5.41, 5.74) is 5.29. The molecule has 0 unspecified atom stereocenters. The highest BCUT2D eigenvalue weighted by Crippen LogP contribution is 2.30. The number of esters is 1. The van der Waals surface area contributed by atoms with Crippen LogP contribution in [0, 0.1) is 0 Å². The molecule has 0 saturated heterocycles. The molecule has 0 saturated carbocycles. The number of aliphatic hydroxyl groups excluding tert-OH is 1. The molecule has 0 heterocycles. The van der Waals surface area contributed by atoms with E-state index in [-0.39, 0.29) is 13.2 Å². The molecule has 29 heavy (non-hydrogen) atoms. The van der Waals surface area contributed by atoms with Crippen LogP contribution >= 0.6 is 0 Å². The Morgan fingerprint density at radius 3 is 2.48 bits per heavy atom. The molecule has 0 aliphatic carbocycles. The van der Waals surface area contributed by atoms with Crippen LogP contribution in [-0.2, 0) is 29.2 Å². The SMILES string of the molecule is C=C(C)C(=O)OCc1cc(-c2ccc(OCCCC)cc2CCC)ccc1CO. The second kappa shape index (κ2) is 11.4. The molecule has 4 heteroatoms. The van der Waals surface area contributed by atoms with Gasteiger partial charge < -0.3 is 14.6 Å². The molecule has 0 bridgehead atoms. The number of aryl methyl sites for hydroxylation is 1. The highest BCUT2D eigenvalue weighted by atomic mass is 16.5. The van der Waals surface area contributed by atoms with E-state index in [0.29, 0.717) is 5.57 Å². The summed E-state index contributed by atoms with van der Waals surface area (Å²) in [6, 6.07) is 12.1. The van der Waals surface area contributed by atoms with E-state index in [1.165, 1.54) is 5.56 Å². The molecule has 0 spiro atoms. The minimum absolute atomic E-state index is 0.105. The zero-order chi connectivity index (χ0) is 21.2. The number of hydrogen-bond acceptors (Lipinski definition) is 4. The predicted molar refractivity (Wildman–Crippen MR) is 117 cm³/mol. The number of benzene rings is 2. The first-order chi connectivity index (χ1) is 14.0. The van der Waals surface area contributed by atoms with Gasteiger partial charge in [-0.05, 0) is 65.8 Å². The summed E-state index contributed by atoms with van der Waals surface area (Å²) in [5.74, 6) is 0.466. The van der Waals surface area contributed by atoms with Crippen molar-refractivity contribution in [3.63, 3.8) is 0 Å². The van der Waals surface area contributed by atoms with E-state index in [9.17, 15) is 9.90 Å². The minimum Gasteiger partial charge on any atom is -0.494 e. The molecule has 2 rings (SSSR count).